The van der Waals surface area contributed by atoms with Gasteiger partial charge in [0.05, 0.1) is 23.6 Å². The summed E-state index contributed by atoms with van der Waals surface area (Å²) in [5.74, 6) is 1.32. The quantitative estimate of drug-likeness (QED) is 0.721. The van der Waals surface area contributed by atoms with Crippen LogP contribution < -0.4 is 9.47 Å². The van der Waals surface area contributed by atoms with Gasteiger partial charge in [-0.25, -0.2) is 0 Å². The van der Waals surface area contributed by atoms with Crippen LogP contribution in [0.2, 0.25) is 0 Å². The first-order chi connectivity index (χ1) is 10.6. The molecule has 0 amide bonds. The number of benzene rings is 2. The van der Waals surface area contributed by atoms with E-state index in [1.54, 1.807) is 14.2 Å². The number of thioether (sulfide) groups is 1. The van der Waals surface area contributed by atoms with E-state index < -0.39 is 0 Å². The summed E-state index contributed by atoms with van der Waals surface area (Å²) in [6, 6.07) is 11.4. The minimum Gasteiger partial charge on any atom is -0.493 e. The number of allylic oxidation sites excluding steroid dienone is 1. The summed E-state index contributed by atoms with van der Waals surface area (Å²) in [7, 11) is 3.18. The van der Waals surface area contributed by atoms with Crippen LogP contribution in [0.5, 0.6) is 11.5 Å². The van der Waals surface area contributed by atoms with E-state index in [9.17, 15) is 4.79 Å². The van der Waals surface area contributed by atoms with Gasteiger partial charge in [-0.15, -0.1) is 0 Å². The molecule has 0 N–H and O–H groups in total. The molecule has 0 atom stereocenters. The van der Waals surface area contributed by atoms with Crippen LogP contribution in [0.15, 0.2) is 50.7 Å². The van der Waals surface area contributed by atoms with Gasteiger partial charge in [-0.2, -0.15) is 0 Å². The molecule has 0 radical (unpaired) electrons. The van der Waals surface area contributed by atoms with Gasteiger partial charge < -0.3 is 9.47 Å². The fourth-order valence-corrected chi connectivity index (χ4v) is 3.98. The van der Waals surface area contributed by atoms with Crippen molar-refractivity contribution < 1.29 is 14.3 Å². The molecule has 0 bridgehead atoms. The molecule has 1 heterocycles. The average Bonchev–Trinajstić information content (AvgIpc) is 2.83. The highest BCUT2D eigenvalue weighted by Crippen LogP contribution is 2.42. The zero-order valence-corrected chi connectivity index (χ0v) is 14.5. The molecule has 0 aliphatic carbocycles. The molecule has 3 rings (SSSR count). The maximum Gasteiger partial charge on any atom is 0.200 e. The lowest BCUT2D eigenvalue weighted by Gasteiger charge is -2.10. The summed E-state index contributed by atoms with van der Waals surface area (Å²) in [5, 5.41) is 0. The molecule has 22 heavy (non-hydrogen) atoms. The number of hydrogen-bond acceptors (Lipinski definition) is 4. The van der Waals surface area contributed by atoms with Crippen molar-refractivity contribution in [1.29, 1.82) is 0 Å². The molecule has 5 heteroatoms. The zero-order chi connectivity index (χ0) is 15.7. The summed E-state index contributed by atoms with van der Waals surface area (Å²) in [4.78, 5) is 14.1. The second-order valence-corrected chi connectivity index (χ2v) is 6.61. The molecule has 0 saturated carbocycles. The summed E-state index contributed by atoms with van der Waals surface area (Å²) in [6.45, 7) is 0. The van der Waals surface area contributed by atoms with E-state index >= 15 is 0 Å². The Morgan fingerprint density at radius 2 is 1.91 bits per heavy atom. The Morgan fingerprint density at radius 1 is 1.14 bits per heavy atom. The Hall–Kier alpha value is -1.72. The van der Waals surface area contributed by atoms with Crippen molar-refractivity contribution >= 4 is 39.6 Å². The molecule has 0 unspecified atom stereocenters. The highest BCUT2D eigenvalue weighted by molar-refractivity contribution is 9.10. The topological polar surface area (TPSA) is 35.5 Å². The highest BCUT2D eigenvalue weighted by Gasteiger charge is 2.25. The van der Waals surface area contributed by atoms with Crippen LogP contribution in [-0.2, 0) is 0 Å². The van der Waals surface area contributed by atoms with Gasteiger partial charge in [0.1, 0.15) is 0 Å². The molecule has 1 aliphatic rings. The third kappa shape index (κ3) is 2.66. The van der Waals surface area contributed by atoms with Gasteiger partial charge in [0.25, 0.3) is 0 Å². The lowest BCUT2D eigenvalue weighted by molar-refractivity contribution is 0.104. The van der Waals surface area contributed by atoms with Gasteiger partial charge in [-0.1, -0.05) is 23.9 Å². The first-order valence-corrected chi connectivity index (χ1v) is 8.19. The van der Waals surface area contributed by atoms with E-state index in [1.807, 2.05) is 42.5 Å². The van der Waals surface area contributed by atoms with Crippen LogP contribution in [0.3, 0.4) is 0 Å². The standard InChI is InChI=1S/C17H13BrO3S/c1-20-13-8-10(7-12(18)17(13)21-2)9-15-16(19)11-5-3-4-6-14(11)22-15/h3-9H,1-2H3. The number of ketones is 1. The highest BCUT2D eigenvalue weighted by atomic mass is 79.9. The lowest BCUT2D eigenvalue weighted by Crippen LogP contribution is -1.95. The van der Waals surface area contributed by atoms with Crippen molar-refractivity contribution in [3.8, 4) is 11.5 Å². The minimum absolute atomic E-state index is 0.0616. The number of carbonyl (C=O) groups excluding carboxylic acids is 1. The van der Waals surface area contributed by atoms with E-state index in [-0.39, 0.29) is 5.78 Å². The van der Waals surface area contributed by atoms with Crippen molar-refractivity contribution in [2.45, 2.75) is 4.90 Å². The number of carbonyl (C=O) groups is 1. The van der Waals surface area contributed by atoms with E-state index in [0.717, 1.165) is 20.5 Å². The minimum atomic E-state index is 0.0616. The number of fused-ring (bicyclic) bond motifs is 1. The zero-order valence-electron chi connectivity index (χ0n) is 12.1. The molecule has 0 aromatic heterocycles. The molecule has 3 nitrogen and oxygen atoms in total. The molecule has 2 aromatic carbocycles. The Morgan fingerprint density at radius 3 is 2.59 bits per heavy atom. The van der Waals surface area contributed by atoms with Gasteiger partial charge in [0.15, 0.2) is 11.5 Å². The number of ether oxygens (including phenoxy) is 2. The van der Waals surface area contributed by atoms with Crippen LogP contribution in [0.1, 0.15) is 15.9 Å². The molecule has 0 spiro atoms. The van der Waals surface area contributed by atoms with Gasteiger partial charge in [-0.05, 0) is 51.8 Å². The van der Waals surface area contributed by atoms with Crippen LogP contribution in [0.4, 0.5) is 0 Å². The monoisotopic (exact) mass is 376 g/mol. The fraction of sp³-hybridized carbons (Fsp3) is 0.118. The predicted molar refractivity (Wildman–Crippen MR) is 91.9 cm³/mol. The Labute approximate surface area is 141 Å². The third-order valence-corrected chi connectivity index (χ3v) is 5.02. The fourth-order valence-electron chi connectivity index (χ4n) is 2.31. The third-order valence-electron chi connectivity index (χ3n) is 3.33. The lowest BCUT2D eigenvalue weighted by atomic mass is 10.1. The van der Waals surface area contributed by atoms with Gasteiger partial charge in [-0.3, -0.25) is 4.79 Å². The second kappa shape index (κ2) is 6.18. The maximum atomic E-state index is 12.4. The summed E-state index contributed by atoms with van der Waals surface area (Å²) in [5.41, 5.74) is 1.64. The Kier molecular flexibility index (Phi) is 4.27. The first kappa shape index (κ1) is 15.2. The Bertz CT molecular complexity index is 783. The molecule has 2 aromatic rings. The Balaban J connectivity index is 2.01. The van der Waals surface area contributed by atoms with Crippen LogP contribution in [0, 0.1) is 0 Å². The number of halogens is 1. The molecule has 0 saturated heterocycles. The van der Waals surface area contributed by atoms with Gasteiger partial charge in [0.2, 0.25) is 5.78 Å². The van der Waals surface area contributed by atoms with Crippen molar-refractivity contribution in [3.05, 3.63) is 56.9 Å². The molecule has 112 valence electrons. The van der Waals surface area contributed by atoms with E-state index in [1.165, 1.54) is 11.8 Å². The first-order valence-electron chi connectivity index (χ1n) is 6.59. The normalized spacial score (nSPS) is 15.0. The average molecular weight is 377 g/mol. The van der Waals surface area contributed by atoms with Crippen molar-refractivity contribution in [2.75, 3.05) is 14.2 Å². The molecular weight excluding hydrogens is 364 g/mol. The number of rotatable bonds is 3. The summed E-state index contributed by atoms with van der Waals surface area (Å²) in [6.07, 6.45) is 1.87. The van der Waals surface area contributed by atoms with Crippen LogP contribution in [-0.4, -0.2) is 20.0 Å². The van der Waals surface area contributed by atoms with Crippen molar-refractivity contribution in [2.24, 2.45) is 0 Å². The van der Waals surface area contributed by atoms with E-state index in [4.69, 9.17) is 9.47 Å². The molecular formula is C17H13BrO3S. The number of Topliss-reactive ketones (excluding diaryl/α,β-unsaturated/α-hetero) is 1. The summed E-state index contributed by atoms with van der Waals surface area (Å²) >= 11 is 4.96. The molecule has 0 fully saturated rings. The van der Waals surface area contributed by atoms with Crippen molar-refractivity contribution in [3.63, 3.8) is 0 Å². The maximum absolute atomic E-state index is 12.4. The van der Waals surface area contributed by atoms with Gasteiger partial charge >= 0.3 is 0 Å². The SMILES string of the molecule is COc1cc(C=C2Sc3ccccc3C2=O)cc(Br)c1OC. The predicted octanol–water partition coefficient (Wildman–Crippen LogP) is 4.80. The largest absolute Gasteiger partial charge is 0.493 e. The van der Waals surface area contributed by atoms with Crippen LogP contribution >= 0.6 is 27.7 Å². The van der Waals surface area contributed by atoms with E-state index in [2.05, 4.69) is 15.9 Å². The smallest absolute Gasteiger partial charge is 0.200 e. The molecule has 1 aliphatic heterocycles. The van der Waals surface area contributed by atoms with E-state index in [0.29, 0.717) is 16.4 Å². The number of methoxy groups -OCH3 is 2. The van der Waals surface area contributed by atoms with Crippen LogP contribution in [0.25, 0.3) is 6.08 Å². The number of hydrogen-bond donors (Lipinski definition) is 0. The van der Waals surface area contributed by atoms with Crippen molar-refractivity contribution in [1.82, 2.24) is 0 Å². The second-order valence-electron chi connectivity index (χ2n) is 4.67. The summed E-state index contributed by atoms with van der Waals surface area (Å²) < 4.78 is 11.4. The van der Waals surface area contributed by atoms with Gasteiger partial charge in [0, 0.05) is 10.5 Å².